The van der Waals surface area contributed by atoms with Gasteiger partial charge in [0.05, 0.1) is 7.11 Å². The molecular weight excluding hydrogens is 378 g/mol. The summed E-state index contributed by atoms with van der Waals surface area (Å²) in [6, 6.07) is 18.0. The number of hydrogen-bond donors (Lipinski definition) is 2. The number of anilines is 2. The van der Waals surface area contributed by atoms with E-state index in [1.54, 1.807) is 55.6 Å². The SMILES string of the molecule is CCc1ccc(C)[n+](CC(=O)Nc2ccc(C(=O)Nc3ccc(OC)cc3)cc2)c1. The zero-order valence-corrected chi connectivity index (χ0v) is 17.4. The lowest BCUT2D eigenvalue weighted by molar-refractivity contribution is -0.690. The van der Waals surface area contributed by atoms with E-state index in [4.69, 9.17) is 4.74 Å². The lowest BCUT2D eigenvalue weighted by atomic mass is 10.2. The minimum absolute atomic E-state index is 0.119. The fourth-order valence-electron chi connectivity index (χ4n) is 2.99. The molecule has 6 nitrogen and oxygen atoms in total. The van der Waals surface area contributed by atoms with Crippen LogP contribution in [0.4, 0.5) is 11.4 Å². The molecule has 154 valence electrons. The van der Waals surface area contributed by atoms with Gasteiger partial charge in [-0.3, -0.25) is 9.59 Å². The van der Waals surface area contributed by atoms with Crippen molar-refractivity contribution in [3.05, 3.63) is 83.7 Å². The predicted octanol–water partition coefficient (Wildman–Crippen LogP) is 3.74. The molecule has 0 atom stereocenters. The average Bonchev–Trinajstić information content (AvgIpc) is 2.76. The molecule has 1 aromatic heterocycles. The lowest BCUT2D eigenvalue weighted by Gasteiger charge is -2.08. The maximum Gasteiger partial charge on any atom is 0.290 e. The summed E-state index contributed by atoms with van der Waals surface area (Å²) in [5.74, 6) is 0.385. The molecule has 0 saturated heterocycles. The Balaban J connectivity index is 1.59. The molecule has 2 aromatic carbocycles. The molecule has 0 fully saturated rings. The van der Waals surface area contributed by atoms with E-state index in [2.05, 4.69) is 23.6 Å². The Morgan fingerprint density at radius 1 is 0.900 bits per heavy atom. The lowest BCUT2D eigenvalue weighted by Crippen LogP contribution is -2.43. The molecule has 1 heterocycles. The molecule has 6 heteroatoms. The third-order valence-corrected chi connectivity index (χ3v) is 4.81. The van der Waals surface area contributed by atoms with Gasteiger partial charge in [0.2, 0.25) is 6.54 Å². The molecule has 0 unspecified atom stereocenters. The Morgan fingerprint density at radius 3 is 2.17 bits per heavy atom. The number of nitrogens with one attached hydrogen (secondary N) is 2. The summed E-state index contributed by atoms with van der Waals surface area (Å²) in [5, 5.41) is 5.71. The van der Waals surface area contributed by atoms with E-state index in [0.29, 0.717) is 16.9 Å². The van der Waals surface area contributed by atoms with Gasteiger partial charge in [0.25, 0.3) is 11.8 Å². The van der Waals surface area contributed by atoms with Crippen LogP contribution in [0, 0.1) is 6.92 Å². The molecule has 3 rings (SSSR count). The van der Waals surface area contributed by atoms with Crippen LogP contribution in [0.3, 0.4) is 0 Å². The van der Waals surface area contributed by atoms with E-state index in [1.807, 2.05) is 23.8 Å². The summed E-state index contributed by atoms with van der Waals surface area (Å²) in [5.41, 5.74) is 4.03. The van der Waals surface area contributed by atoms with Gasteiger partial charge in [0.1, 0.15) is 5.75 Å². The van der Waals surface area contributed by atoms with Crippen molar-refractivity contribution in [1.82, 2.24) is 0 Å². The smallest absolute Gasteiger partial charge is 0.290 e. The number of nitrogens with zero attached hydrogens (tertiary/aromatic N) is 1. The van der Waals surface area contributed by atoms with Gasteiger partial charge in [0, 0.05) is 35.5 Å². The van der Waals surface area contributed by atoms with Crippen molar-refractivity contribution in [2.45, 2.75) is 26.8 Å². The Bertz CT molecular complexity index is 1030. The molecule has 30 heavy (non-hydrogen) atoms. The number of ether oxygens (including phenoxy) is 1. The second kappa shape index (κ2) is 9.69. The van der Waals surface area contributed by atoms with Crippen molar-refractivity contribution in [1.29, 1.82) is 0 Å². The molecule has 3 aromatic rings. The largest absolute Gasteiger partial charge is 0.497 e. The van der Waals surface area contributed by atoms with Crippen LogP contribution in [0.2, 0.25) is 0 Å². The van der Waals surface area contributed by atoms with Gasteiger partial charge in [-0.05, 0) is 61.0 Å². The molecule has 0 aliphatic heterocycles. The third-order valence-electron chi connectivity index (χ3n) is 4.81. The number of pyridine rings is 1. The number of amides is 2. The van der Waals surface area contributed by atoms with Crippen molar-refractivity contribution in [2.75, 3.05) is 17.7 Å². The van der Waals surface area contributed by atoms with Gasteiger partial charge in [-0.25, -0.2) is 0 Å². The molecular formula is C24H26N3O3+. The van der Waals surface area contributed by atoms with Gasteiger partial charge in [-0.2, -0.15) is 4.57 Å². The van der Waals surface area contributed by atoms with Gasteiger partial charge >= 0.3 is 0 Å². The first-order valence-corrected chi connectivity index (χ1v) is 9.82. The number of rotatable bonds is 7. The first-order valence-electron chi connectivity index (χ1n) is 9.82. The standard InChI is InChI=1S/C24H25N3O3/c1-4-18-6-5-17(2)27(15-18)16-23(28)25-20-9-7-19(8-10-20)24(29)26-21-11-13-22(30-3)14-12-21/h5-15H,4,16H2,1-3H3,(H-,25,26,28,29)/p+1. The third kappa shape index (κ3) is 5.44. The summed E-state index contributed by atoms with van der Waals surface area (Å²) in [4.78, 5) is 24.8. The maximum absolute atomic E-state index is 12.4. The van der Waals surface area contributed by atoms with Crippen LogP contribution < -0.4 is 19.9 Å². The summed E-state index contributed by atoms with van der Waals surface area (Å²) in [7, 11) is 1.59. The number of benzene rings is 2. The molecule has 0 aliphatic rings. The van der Waals surface area contributed by atoms with Crippen molar-refractivity contribution in [3.8, 4) is 5.75 Å². The van der Waals surface area contributed by atoms with Crippen molar-refractivity contribution in [2.24, 2.45) is 0 Å². The molecule has 0 bridgehead atoms. The zero-order chi connectivity index (χ0) is 21.5. The van der Waals surface area contributed by atoms with Crippen molar-refractivity contribution < 1.29 is 18.9 Å². The van der Waals surface area contributed by atoms with Gasteiger partial charge in [-0.1, -0.05) is 6.92 Å². The Labute approximate surface area is 176 Å². The number of aromatic nitrogens is 1. The Kier molecular flexibility index (Phi) is 6.80. The number of methoxy groups -OCH3 is 1. The summed E-state index contributed by atoms with van der Waals surface area (Å²) < 4.78 is 7.05. The summed E-state index contributed by atoms with van der Waals surface area (Å²) in [6.45, 7) is 4.30. The minimum atomic E-state index is -0.222. The van der Waals surface area contributed by atoms with Gasteiger partial charge in [-0.15, -0.1) is 0 Å². The molecule has 0 aliphatic carbocycles. The van der Waals surface area contributed by atoms with Crippen LogP contribution in [0.5, 0.6) is 5.75 Å². The van der Waals surface area contributed by atoms with Crippen LogP contribution in [-0.2, 0) is 17.8 Å². The fraction of sp³-hybridized carbons (Fsp3) is 0.208. The summed E-state index contributed by atoms with van der Waals surface area (Å²) in [6.07, 6.45) is 2.92. The number of hydrogen-bond acceptors (Lipinski definition) is 3. The Morgan fingerprint density at radius 2 is 1.53 bits per heavy atom. The van der Waals surface area contributed by atoms with E-state index in [1.165, 1.54) is 5.56 Å². The molecule has 2 N–H and O–H groups in total. The highest BCUT2D eigenvalue weighted by atomic mass is 16.5. The van der Waals surface area contributed by atoms with Gasteiger partial charge in [0.15, 0.2) is 11.9 Å². The average molecular weight is 404 g/mol. The van der Waals surface area contributed by atoms with Crippen molar-refractivity contribution in [3.63, 3.8) is 0 Å². The van der Waals surface area contributed by atoms with E-state index in [0.717, 1.165) is 17.9 Å². The van der Waals surface area contributed by atoms with E-state index in [-0.39, 0.29) is 18.4 Å². The Hall–Kier alpha value is -3.67. The summed E-state index contributed by atoms with van der Waals surface area (Å²) >= 11 is 0. The quantitative estimate of drug-likeness (QED) is 0.589. The minimum Gasteiger partial charge on any atom is -0.497 e. The second-order valence-electron chi connectivity index (χ2n) is 6.97. The van der Waals surface area contributed by atoms with Crippen LogP contribution in [0.15, 0.2) is 66.9 Å². The fourth-order valence-corrected chi connectivity index (χ4v) is 2.99. The van der Waals surface area contributed by atoms with E-state index < -0.39 is 0 Å². The van der Waals surface area contributed by atoms with Crippen LogP contribution in [0.25, 0.3) is 0 Å². The van der Waals surface area contributed by atoms with E-state index >= 15 is 0 Å². The maximum atomic E-state index is 12.4. The number of aryl methyl sites for hydroxylation is 2. The monoisotopic (exact) mass is 404 g/mol. The highest BCUT2D eigenvalue weighted by molar-refractivity contribution is 6.04. The molecule has 0 radical (unpaired) electrons. The number of carbonyl (C=O) groups is 2. The highest BCUT2D eigenvalue weighted by Crippen LogP contribution is 2.17. The first kappa shape index (κ1) is 21.0. The van der Waals surface area contributed by atoms with Gasteiger partial charge < -0.3 is 15.4 Å². The molecule has 2 amide bonds. The van der Waals surface area contributed by atoms with Crippen molar-refractivity contribution >= 4 is 23.2 Å². The topological polar surface area (TPSA) is 71.3 Å². The van der Waals surface area contributed by atoms with E-state index in [9.17, 15) is 9.59 Å². The van der Waals surface area contributed by atoms with Crippen LogP contribution in [0.1, 0.15) is 28.5 Å². The first-order chi connectivity index (χ1) is 14.5. The molecule has 0 saturated carbocycles. The van der Waals surface area contributed by atoms with Crippen LogP contribution >= 0.6 is 0 Å². The number of carbonyl (C=O) groups excluding carboxylic acids is 2. The molecule has 0 spiro atoms. The normalized spacial score (nSPS) is 10.4. The highest BCUT2D eigenvalue weighted by Gasteiger charge is 2.14. The predicted molar refractivity (Wildman–Crippen MR) is 117 cm³/mol. The zero-order valence-electron chi connectivity index (χ0n) is 17.4. The van der Waals surface area contributed by atoms with Crippen LogP contribution in [-0.4, -0.2) is 18.9 Å². The second-order valence-corrected chi connectivity index (χ2v) is 6.97.